The Hall–Kier alpha value is 0. The van der Waals surface area contributed by atoms with Crippen molar-refractivity contribution in [2.24, 2.45) is 17.3 Å². The molecular weight excluding hydrogens is 192 g/mol. The normalized spacial score (nSPS) is 33.0. The van der Waals surface area contributed by atoms with Crippen LogP contribution in [-0.2, 0) is 0 Å². The molecule has 0 aromatic rings. The van der Waals surface area contributed by atoms with Crippen LogP contribution in [0.25, 0.3) is 0 Å². The van der Waals surface area contributed by atoms with E-state index in [1.165, 1.54) is 57.8 Å². The molecule has 94 valence electrons. The summed E-state index contributed by atoms with van der Waals surface area (Å²) in [5, 5.41) is 0. The molecule has 0 N–H and O–H groups in total. The SMILES string of the molecule is CC1(C)CCCCC(C2CCCCCC2)C1. The summed E-state index contributed by atoms with van der Waals surface area (Å²) in [6, 6.07) is 0. The van der Waals surface area contributed by atoms with Crippen molar-refractivity contribution >= 4 is 0 Å². The van der Waals surface area contributed by atoms with Crippen LogP contribution in [0.3, 0.4) is 0 Å². The first-order valence-electron chi connectivity index (χ1n) is 7.67. The Morgan fingerprint density at radius 2 is 1.25 bits per heavy atom. The van der Waals surface area contributed by atoms with Crippen LogP contribution in [0.4, 0.5) is 0 Å². The minimum atomic E-state index is 0.632. The van der Waals surface area contributed by atoms with Crippen molar-refractivity contribution in [1.29, 1.82) is 0 Å². The summed E-state index contributed by atoms with van der Waals surface area (Å²) in [5.74, 6) is 2.15. The lowest BCUT2D eigenvalue weighted by atomic mass is 9.74. The zero-order valence-electron chi connectivity index (χ0n) is 11.4. The van der Waals surface area contributed by atoms with Gasteiger partial charge in [-0.1, -0.05) is 71.6 Å². The lowest BCUT2D eigenvalue weighted by Crippen LogP contribution is -2.20. The molecule has 0 heterocycles. The summed E-state index contributed by atoms with van der Waals surface area (Å²) in [4.78, 5) is 0. The molecule has 0 amide bonds. The first-order valence-corrected chi connectivity index (χ1v) is 7.67. The highest BCUT2D eigenvalue weighted by Gasteiger charge is 2.30. The van der Waals surface area contributed by atoms with E-state index in [2.05, 4.69) is 13.8 Å². The highest BCUT2D eigenvalue weighted by Crippen LogP contribution is 2.43. The largest absolute Gasteiger partial charge is 0.0599 e. The van der Waals surface area contributed by atoms with Gasteiger partial charge in [0, 0.05) is 0 Å². The van der Waals surface area contributed by atoms with E-state index in [1.807, 2.05) is 0 Å². The van der Waals surface area contributed by atoms with Crippen LogP contribution in [0.1, 0.15) is 84.5 Å². The molecule has 2 aliphatic rings. The molecule has 0 spiro atoms. The van der Waals surface area contributed by atoms with Gasteiger partial charge in [0.25, 0.3) is 0 Å². The van der Waals surface area contributed by atoms with E-state index < -0.39 is 0 Å². The topological polar surface area (TPSA) is 0 Å². The lowest BCUT2D eigenvalue weighted by molar-refractivity contribution is 0.196. The van der Waals surface area contributed by atoms with Crippen LogP contribution in [0.2, 0.25) is 0 Å². The van der Waals surface area contributed by atoms with Crippen molar-refractivity contribution in [3.63, 3.8) is 0 Å². The van der Waals surface area contributed by atoms with Gasteiger partial charge in [0.2, 0.25) is 0 Å². The van der Waals surface area contributed by atoms with Gasteiger partial charge in [-0.3, -0.25) is 0 Å². The van der Waals surface area contributed by atoms with Gasteiger partial charge in [0.05, 0.1) is 0 Å². The van der Waals surface area contributed by atoms with Crippen molar-refractivity contribution in [3.8, 4) is 0 Å². The number of rotatable bonds is 1. The maximum Gasteiger partial charge on any atom is -0.0351 e. The number of hydrogen-bond acceptors (Lipinski definition) is 0. The highest BCUT2D eigenvalue weighted by molar-refractivity contribution is 4.82. The first kappa shape index (κ1) is 12.5. The van der Waals surface area contributed by atoms with Crippen LogP contribution >= 0.6 is 0 Å². The zero-order chi connectivity index (χ0) is 11.4. The van der Waals surface area contributed by atoms with Gasteiger partial charge in [-0.2, -0.15) is 0 Å². The Morgan fingerprint density at radius 1 is 0.688 bits per heavy atom. The third kappa shape index (κ3) is 3.50. The van der Waals surface area contributed by atoms with Gasteiger partial charge in [0.1, 0.15) is 0 Å². The van der Waals surface area contributed by atoms with Crippen molar-refractivity contribution < 1.29 is 0 Å². The molecule has 2 saturated carbocycles. The Morgan fingerprint density at radius 3 is 1.94 bits per heavy atom. The monoisotopic (exact) mass is 222 g/mol. The average molecular weight is 222 g/mol. The molecule has 2 aliphatic carbocycles. The second-order valence-corrected chi connectivity index (χ2v) is 7.13. The fourth-order valence-corrected chi connectivity index (χ4v) is 4.11. The second-order valence-electron chi connectivity index (χ2n) is 7.13. The van der Waals surface area contributed by atoms with Gasteiger partial charge in [-0.15, -0.1) is 0 Å². The average Bonchev–Trinajstić information content (AvgIpc) is 2.57. The van der Waals surface area contributed by atoms with Crippen LogP contribution in [0.15, 0.2) is 0 Å². The molecule has 1 atom stereocenters. The van der Waals surface area contributed by atoms with Gasteiger partial charge < -0.3 is 0 Å². The summed E-state index contributed by atoms with van der Waals surface area (Å²) < 4.78 is 0. The Bertz CT molecular complexity index is 196. The first-order chi connectivity index (χ1) is 7.67. The standard InChI is InChI=1S/C16H30/c1-16(2)12-8-7-11-15(13-16)14-9-5-3-4-6-10-14/h14-15H,3-13H2,1-2H3. The summed E-state index contributed by atoms with van der Waals surface area (Å²) in [5.41, 5.74) is 0.632. The highest BCUT2D eigenvalue weighted by atomic mass is 14.4. The second kappa shape index (κ2) is 5.56. The van der Waals surface area contributed by atoms with Crippen LogP contribution < -0.4 is 0 Å². The van der Waals surface area contributed by atoms with Crippen molar-refractivity contribution in [2.75, 3.05) is 0 Å². The summed E-state index contributed by atoms with van der Waals surface area (Å²) in [7, 11) is 0. The van der Waals surface area contributed by atoms with Gasteiger partial charge >= 0.3 is 0 Å². The maximum atomic E-state index is 2.50. The molecule has 1 unspecified atom stereocenters. The fraction of sp³-hybridized carbons (Fsp3) is 1.00. The third-order valence-electron chi connectivity index (χ3n) is 5.06. The van der Waals surface area contributed by atoms with Crippen LogP contribution in [-0.4, -0.2) is 0 Å². The molecule has 0 aromatic carbocycles. The summed E-state index contributed by atoms with van der Waals surface area (Å²) in [6.45, 7) is 5.00. The predicted octanol–water partition coefficient (Wildman–Crippen LogP) is 5.56. The minimum absolute atomic E-state index is 0.632. The lowest BCUT2D eigenvalue weighted by Gasteiger charge is -2.31. The minimum Gasteiger partial charge on any atom is -0.0599 e. The van der Waals surface area contributed by atoms with Crippen LogP contribution in [0, 0.1) is 17.3 Å². The third-order valence-corrected chi connectivity index (χ3v) is 5.06. The molecule has 2 fully saturated rings. The van der Waals surface area contributed by atoms with E-state index in [1.54, 1.807) is 12.8 Å². The Balaban J connectivity index is 1.95. The predicted molar refractivity (Wildman–Crippen MR) is 71.5 cm³/mol. The van der Waals surface area contributed by atoms with E-state index in [4.69, 9.17) is 0 Å². The molecule has 0 radical (unpaired) electrons. The van der Waals surface area contributed by atoms with E-state index in [-0.39, 0.29) is 0 Å². The molecule has 2 rings (SSSR count). The van der Waals surface area contributed by atoms with Crippen molar-refractivity contribution in [1.82, 2.24) is 0 Å². The van der Waals surface area contributed by atoms with E-state index in [0.717, 1.165) is 11.8 Å². The molecule has 0 heteroatoms. The van der Waals surface area contributed by atoms with Gasteiger partial charge in [-0.05, 0) is 30.1 Å². The fourth-order valence-electron chi connectivity index (χ4n) is 4.11. The molecule has 0 bridgehead atoms. The molecule has 0 saturated heterocycles. The summed E-state index contributed by atoms with van der Waals surface area (Å²) in [6.07, 6.45) is 16.6. The molecule has 0 aromatic heterocycles. The molecule has 0 aliphatic heterocycles. The molecule has 0 nitrogen and oxygen atoms in total. The van der Waals surface area contributed by atoms with E-state index in [0.29, 0.717) is 5.41 Å². The van der Waals surface area contributed by atoms with Gasteiger partial charge in [0.15, 0.2) is 0 Å². The Kier molecular flexibility index (Phi) is 4.33. The molecule has 16 heavy (non-hydrogen) atoms. The van der Waals surface area contributed by atoms with Crippen molar-refractivity contribution in [3.05, 3.63) is 0 Å². The molecular formula is C16H30. The van der Waals surface area contributed by atoms with Crippen LogP contribution in [0.5, 0.6) is 0 Å². The number of hydrogen-bond donors (Lipinski definition) is 0. The maximum absolute atomic E-state index is 2.50. The quantitative estimate of drug-likeness (QED) is 0.509. The van der Waals surface area contributed by atoms with Gasteiger partial charge in [-0.25, -0.2) is 0 Å². The Labute approximate surface area is 102 Å². The smallest absolute Gasteiger partial charge is 0.0351 e. The summed E-state index contributed by atoms with van der Waals surface area (Å²) >= 11 is 0. The van der Waals surface area contributed by atoms with E-state index >= 15 is 0 Å². The van der Waals surface area contributed by atoms with Crippen molar-refractivity contribution in [2.45, 2.75) is 84.5 Å². The van der Waals surface area contributed by atoms with E-state index in [9.17, 15) is 0 Å². The zero-order valence-corrected chi connectivity index (χ0v) is 11.4.